The third-order valence-corrected chi connectivity index (χ3v) is 6.98. The minimum atomic E-state index is -3.98. The zero-order valence-corrected chi connectivity index (χ0v) is 16.9. The van der Waals surface area contributed by atoms with Crippen LogP contribution in [-0.2, 0) is 13.8 Å². The molecule has 1 aromatic heterocycles. The quantitative estimate of drug-likeness (QED) is 0.456. The molecule has 160 valence electrons. The lowest BCUT2D eigenvalue weighted by atomic mass is 9.92. The summed E-state index contributed by atoms with van der Waals surface area (Å²) in [6.45, 7) is 6.20. The SMILES string of the molecule is CCC(C)(CC1OC(c2c(F)cc(=O)[nH]c2F)C(F)C1O)OP(=O)(O)C(C)C. The second-order valence-electron chi connectivity index (χ2n) is 7.50. The number of pyridine rings is 1. The molecule has 1 aromatic rings. The predicted molar refractivity (Wildman–Crippen MR) is 94.9 cm³/mol. The maximum atomic E-state index is 14.6. The summed E-state index contributed by atoms with van der Waals surface area (Å²) >= 11 is 0. The van der Waals surface area contributed by atoms with E-state index in [-0.39, 0.29) is 12.8 Å². The van der Waals surface area contributed by atoms with Crippen LogP contribution in [0.1, 0.15) is 52.2 Å². The highest BCUT2D eigenvalue weighted by Crippen LogP contribution is 2.53. The number of aliphatic hydroxyl groups excluding tert-OH is 1. The number of hydrogen-bond donors (Lipinski definition) is 3. The van der Waals surface area contributed by atoms with Crippen LogP contribution in [0, 0.1) is 11.8 Å². The zero-order valence-electron chi connectivity index (χ0n) is 16.0. The average Bonchev–Trinajstić information content (AvgIpc) is 2.81. The summed E-state index contributed by atoms with van der Waals surface area (Å²) in [5.41, 5.74) is -3.80. The minimum absolute atomic E-state index is 0.189. The summed E-state index contributed by atoms with van der Waals surface area (Å²) in [6, 6.07) is 0.456. The number of aromatic amines is 1. The van der Waals surface area contributed by atoms with E-state index in [4.69, 9.17) is 9.26 Å². The van der Waals surface area contributed by atoms with Crippen LogP contribution in [0.4, 0.5) is 13.2 Å². The van der Waals surface area contributed by atoms with Crippen molar-refractivity contribution < 1.29 is 37.0 Å². The first-order valence-corrected chi connectivity index (χ1v) is 10.5. The van der Waals surface area contributed by atoms with Crippen LogP contribution in [0.2, 0.25) is 0 Å². The van der Waals surface area contributed by atoms with Crippen LogP contribution in [0.5, 0.6) is 0 Å². The fraction of sp³-hybridized carbons (Fsp3) is 0.706. The Morgan fingerprint density at radius 2 is 2.04 bits per heavy atom. The Labute approximate surface area is 160 Å². The van der Waals surface area contributed by atoms with Crippen LogP contribution in [0.15, 0.2) is 10.9 Å². The molecule has 1 saturated heterocycles. The molecule has 0 saturated carbocycles. The number of aliphatic hydroxyl groups is 1. The highest BCUT2D eigenvalue weighted by atomic mass is 31.2. The van der Waals surface area contributed by atoms with Gasteiger partial charge in [-0.1, -0.05) is 20.8 Å². The van der Waals surface area contributed by atoms with Gasteiger partial charge in [-0.05, 0) is 13.3 Å². The van der Waals surface area contributed by atoms with Crippen molar-refractivity contribution in [1.82, 2.24) is 4.98 Å². The van der Waals surface area contributed by atoms with Crippen LogP contribution in [-0.4, -0.2) is 44.6 Å². The van der Waals surface area contributed by atoms with Gasteiger partial charge >= 0.3 is 7.60 Å². The minimum Gasteiger partial charge on any atom is -0.387 e. The summed E-state index contributed by atoms with van der Waals surface area (Å²) in [6.07, 6.45) is -6.91. The lowest BCUT2D eigenvalue weighted by Gasteiger charge is -2.34. The lowest BCUT2D eigenvalue weighted by molar-refractivity contribution is -0.0482. The van der Waals surface area contributed by atoms with Gasteiger partial charge in [0.2, 0.25) is 5.95 Å². The first-order valence-electron chi connectivity index (χ1n) is 8.90. The zero-order chi connectivity index (χ0) is 21.4. The molecular formula is C17H25F3NO6P. The van der Waals surface area contributed by atoms with Gasteiger partial charge in [0, 0.05) is 12.5 Å². The first-order chi connectivity index (χ1) is 12.8. The largest absolute Gasteiger partial charge is 0.387 e. The topological polar surface area (TPSA) is 109 Å². The highest BCUT2D eigenvalue weighted by molar-refractivity contribution is 7.53. The number of H-pyrrole nitrogens is 1. The van der Waals surface area contributed by atoms with Gasteiger partial charge in [-0.25, -0.2) is 8.78 Å². The van der Waals surface area contributed by atoms with Gasteiger partial charge in [0.25, 0.3) is 5.56 Å². The Bertz CT molecular complexity index is 792. The molecular weight excluding hydrogens is 402 g/mol. The summed E-state index contributed by atoms with van der Waals surface area (Å²) in [5, 5.41) is 10.2. The predicted octanol–water partition coefficient (Wildman–Crippen LogP) is 2.96. The molecule has 28 heavy (non-hydrogen) atoms. The van der Waals surface area contributed by atoms with E-state index in [0.717, 1.165) is 0 Å². The number of nitrogens with one attached hydrogen (secondary N) is 1. The number of ether oxygens (including phenoxy) is 1. The van der Waals surface area contributed by atoms with Crippen LogP contribution in [0.25, 0.3) is 0 Å². The van der Waals surface area contributed by atoms with Gasteiger partial charge in [0.1, 0.15) is 18.0 Å². The Morgan fingerprint density at radius 3 is 2.54 bits per heavy atom. The number of alkyl halides is 1. The third kappa shape index (κ3) is 4.68. The Morgan fingerprint density at radius 1 is 1.43 bits per heavy atom. The van der Waals surface area contributed by atoms with Gasteiger partial charge in [0.05, 0.1) is 22.9 Å². The molecule has 0 amide bonds. The molecule has 0 aromatic carbocycles. The van der Waals surface area contributed by atoms with E-state index in [0.29, 0.717) is 6.07 Å². The summed E-state index contributed by atoms with van der Waals surface area (Å²) in [5.74, 6) is -2.68. The van der Waals surface area contributed by atoms with Crippen molar-refractivity contribution in [1.29, 1.82) is 0 Å². The van der Waals surface area contributed by atoms with E-state index in [2.05, 4.69) is 0 Å². The molecule has 0 spiro atoms. The molecule has 3 N–H and O–H groups in total. The van der Waals surface area contributed by atoms with E-state index in [9.17, 15) is 32.5 Å². The van der Waals surface area contributed by atoms with Crippen molar-refractivity contribution in [2.45, 2.75) is 76.3 Å². The molecule has 1 fully saturated rings. The molecule has 1 aliphatic rings. The van der Waals surface area contributed by atoms with Crippen molar-refractivity contribution in [3.63, 3.8) is 0 Å². The van der Waals surface area contributed by atoms with Crippen molar-refractivity contribution in [3.05, 3.63) is 33.7 Å². The van der Waals surface area contributed by atoms with Gasteiger partial charge in [-0.3, -0.25) is 14.3 Å². The van der Waals surface area contributed by atoms with E-state index in [1.807, 2.05) is 0 Å². The van der Waals surface area contributed by atoms with Gasteiger partial charge in [-0.15, -0.1) is 0 Å². The molecule has 2 heterocycles. The monoisotopic (exact) mass is 427 g/mol. The number of aromatic nitrogens is 1. The molecule has 11 heteroatoms. The Balaban J connectivity index is 2.27. The van der Waals surface area contributed by atoms with E-state index >= 15 is 0 Å². The van der Waals surface area contributed by atoms with Gasteiger partial charge in [0.15, 0.2) is 6.17 Å². The molecule has 1 aliphatic heterocycles. The van der Waals surface area contributed by atoms with Crippen molar-refractivity contribution in [2.75, 3.05) is 0 Å². The fourth-order valence-electron chi connectivity index (χ4n) is 2.99. The van der Waals surface area contributed by atoms with E-state index in [1.165, 1.54) is 20.8 Å². The summed E-state index contributed by atoms with van der Waals surface area (Å²) < 4.78 is 65.6. The maximum Gasteiger partial charge on any atom is 0.331 e. The molecule has 0 bridgehead atoms. The summed E-state index contributed by atoms with van der Waals surface area (Å²) in [7, 11) is -3.98. The standard InChI is InChI=1S/C17H25F3NO6P/c1-5-17(4,27-28(24,25)8(2)3)7-10-14(23)13(19)15(26-10)12-9(18)6-11(22)21-16(12)20/h6,8,10,13-15,23H,5,7H2,1-4H3,(H,21,22)(H,24,25). The van der Waals surface area contributed by atoms with Crippen LogP contribution >= 0.6 is 7.60 Å². The number of halogens is 3. The van der Waals surface area contributed by atoms with Crippen molar-refractivity contribution in [2.24, 2.45) is 0 Å². The first kappa shape index (κ1) is 23.1. The molecule has 6 unspecified atom stereocenters. The molecule has 0 radical (unpaired) electrons. The fourth-order valence-corrected chi connectivity index (χ4v) is 4.03. The molecule has 0 aliphatic carbocycles. The van der Waals surface area contributed by atoms with Crippen LogP contribution < -0.4 is 5.56 Å². The second kappa shape index (κ2) is 8.28. The maximum absolute atomic E-state index is 14.6. The molecule has 2 rings (SSSR count). The molecule has 6 atom stereocenters. The highest BCUT2D eigenvalue weighted by Gasteiger charge is 2.50. The third-order valence-electron chi connectivity index (χ3n) is 4.97. The smallest absolute Gasteiger partial charge is 0.331 e. The number of hydrogen-bond acceptors (Lipinski definition) is 5. The second-order valence-corrected chi connectivity index (χ2v) is 9.84. The normalized spacial score (nSPS) is 29.6. The van der Waals surface area contributed by atoms with Crippen molar-refractivity contribution in [3.8, 4) is 0 Å². The van der Waals surface area contributed by atoms with Gasteiger partial charge < -0.3 is 19.3 Å². The summed E-state index contributed by atoms with van der Waals surface area (Å²) in [4.78, 5) is 22.8. The Kier molecular flexibility index (Phi) is 6.83. The average molecular weight is 427 g/mol. The van der Waals surface area contributed by atoms with Crippen molar-refractivity contribution >= 4 is 7.60 Å². The van der Waals surface area contributed by atoms with E-state index in [1.54, 1.807) is 11.9 Å². The Hall–Kier alpha value is -1.19. The molecule has 7 nitrogen and oxygen atoms in total. The number of rotatable bonds is 7. The van der Waals surface area contributed by atoms with Crippen LogP contribution in [0.3, 0.4) is 0 Å². The van der Waals surface area contributed by atoms with Gasteiger partial charge in [-0.2, -0.15) is 4.39 Å². The lowest BCUT2D eigenvalue weighted by Crippen LogP contribution is -2.38. The van der Waals surface area contributed by atoms with E-state index < -0.39 is 66.2 Å².